The van der Waals surface area contributed by atoms with Crippen LogP contribution in [0.25, 0.3) is 17.2 Å². The van der Waals surface area contributed by atoms with Gasteiger partial charge in [-0.15, -0.1) is 21.5 Å². The van der Waals surface area contributed by atoms with E-state index in [1.165, 1.54) is 0 Å². The van der Waals surface area contributed by atoms with E-state index in [0.29, 0.717) is 5.78 Å². The number of fused-ring (bicyclic) bond motifs is 1. The minimum atomic E-state index is 0.616. The van der Waals surface area contributed by atoms with Crippen molar-refractivity contribution in [3.63, 3.8) is 0 Å². The van der Waals surface area contributed by atoms with E-state index in [0.717, 1.165) is 32.7 Å². The standard InChI is InChI=1S/C12H13N5S/c1-6-4-7(2)17-11(15-16-12(17)14-6)9-5-8(3)18-10(9)13/h4-5H,13H2,1-3H3. The van der Waals surface area contributed by atoms with Gasteiger partial charge in [-0.2, -0.15) is 0 Å². The lowest BCUT2D eigenvalue weighted by Crippen LogP contribution is -1.98. The highest BCUT2D eigenvalue weighted by Crippen LogP contribution is 2.32. The molecule has 0 fully saturated rings. The van der Waals surface area contributed by atoms with Crippen molar-refractivity contribution in [1.82, 2.24) is 19.6 Å². The zero-order valence-electron chi connectivity index (χ0n) is 10.4. The second-order valence-electron chi connectivity index (χ2n) is 4.33. The highest BCUT2D eigenvalue weighted by molar-refractivity contribution is 7.16. The number of nitrogens with two attached hydrogens (primary N) is 1. The summed E-state index contributed by atoms with van der Waals surface area (Å²) in [6.45, 7) is 6.00. The van der Waals surface area contributed by atoms with Crippen LogP contribution in [0.5, 0.6) is 0 Å². The van der Waals surface area contributed by atoms with E-state index in [2.05, 4.69) is 15.2 Å². The van der Waals surface area contributed by atoms with Crippen molar-refractivity contribution in [2.24, 2.45) is 0 Å². The molecule has 3 heterocycles. The van der Waals surface area contributed by atoms with Crippen molar-refractivity contribution in [3.05, 3.63) is 28.4 Å². The first-order chi connectivity index (χ1) is 8.56. The molecule has 0 amide bonds. The molecule has 92 valence electrons. The van der Waals surface area contributed by atoms with Gasteiger partial charge in [0.25, 0.3) is 5.78 Å². The summed E-state index contributed by atoms with van der Waals surface area (Å²) < 4.78 is 1.94. The highest BCUT2D eigenvalue weighted by atomic mass is 32.1. The van der Waals surface area contributed by atoms with Gasteiger partial charge in [-0.1, -0.05) is 0 Å². The molecule has 0 saturated carbocycles. The van der Waals surface area contributed by atoms with Gasteiger partial charge in [0.1, 0.15) is 0 Å². The van der Waals surface area contributed by atoms with Crippen LogP contribution in [0.4, 0.5) is 5.00 Å². The summed E-state index contributed by atoms with van der Waals surface area (Å²) >= 11 is 1.56. The third-order valence-corrected chi connectivity index (χ3v) is 3.70. The van der Waals surface area contributed by atoms with Gasteiger partial charge in [-0.05, 0) is 32.9 Å². The van der Waals surface area contributed by atoms with Crippen LogP contribution in [0.15, 0.2) is 12.1 Å². The van der Waals surface area contributed by atoms with Gasteiger partial charge in [-0.3, -0.25) is 4.40 Å². The van der Waals surface area contributed by atoms with Crippen LogP contribution in [0.1, 0.15) is 16.3 Å². The van der Waals surface area contributed by atoms with Crippen LogP contribution in [-0.2, 0) is 0 Å². The van der Waals surface area contributed by atoms with Crippen molar-refractivity contribution in [2.45, 2.75) is 20.8 Å². The molecule has 3 rings (SSSR count). The number of aryl methyl sites for hydroxylation is 3. The molecule has 5 nitrogen and oxygen atoms in total. The van der Waals surface area contributed by atoms with E-state index in [4.69, 9.17) is 5.73 Å². The molecule has 18 heavy (non-hydrogen) atoms. The van der Waals surface area contributed by atoms with Crippen molar-refractivity contribution in [1.29, 1.82) is 0 Å². The lowest BCUT2D eigenvalue weighted by atomic mass is 10.2. The normalized spacial score (nSPS) is 11.3. The topological polar surface area (TPSA) is 69.1 Å². The summed E-state index contributed by atoms with van der Waals surface area (Å²) in [6.07, 6.45) is 0. The Morgan fingerprint density at radius 2 is 1.94 bits per heavy atom. The van der Waals surface area contributed by atoms with Gasteiger partial charge >= 0.3 is 0 Å². The predicted octanol–water partition coefficient (Wildman–Crippen LogP) is 2.36. The van der Waals surface area contributed by atoms with E-state index < -0.39 is 0 Å². The van der Waals surface area contributed by atoms with Crippen LogP contribution in [0.3, 0.4) is 0 Å². The quantitative estimate of drug-likeness (QED) is 0.728. The molecule has 0 bridgehead atoms. The van der Waals surface area contributed by atoms with E-state index in [1.807, 2.05) is 37.3 Å². The molecular formula is C12H13N5S. The lowest BCUT2D eigenvalue weighted by Gasteiger charge is -2.03. The number of rotatable bonds is 1. The molecular weight excluding hydrogens is 246 g/mol. The summed E-state index contributed by atoms with van der Waals surface area (Å²) in [5.41, 5.74) is 8.94. The summed E-state index contributed by atoms with van der Waals surface area (Å²) in [5.74, 6) is 1.38. The molecule has 0 aliphatic rings. The summed E-state index contributed by atoms with van der Waals surface area (Å²) in [5, 5.41) is 9.10. The minimum Gasteiger partial charge on any atom is -0.390 e. The molecule has 0 atom stereocenters. The molecule has 0 radical (unpaired) electrons. The Bertz CT molecular complexity index is 740. The van der Waals surface area contributed by atoms with Crippen molar-refractivity contribution in [3.8, 4) is 11.4 Å². The lowest BCUT2D eigenvalue weighted by molar-refractivity contribution is 1.02. The average Bonchev–Trinajstić information content (AvgIpc) is 2.81. The van der Waals surface area contributed by atoms with Gasteiger partial charge in [0.15, 0.2) is 5.82 Å². The Hall–Kier alpha value is -1.95. The van der Waals surface area contributed by atoms with Crippen LogP contribution in [-0.4, -0.2) is 19.6 Å². The van der Waals surface area contributed by atoms with E-state index in [9.17, 15) is 0 Å². The highest BCUT2D eigenvalue weighted by Gasteiger charge is 2.15. The number of thiophene rings is 1. The predicted molar refractivity (Wildman–Crippen MR) is 72.7 cm³/mol. The number of aromatic nitrogens is 4. The first-order valence-electron chi connectivity index (χ1n) is 5.62. The smallest absolute Gasteiger partial charge is 0.255 e. The third kappa shape index (κ3) is 1.57. The Kier molecular flexibility index (Phi) is 2.34. The zero-order valence-corrected chi connectivity index (χ0v) is 11.2. The zero-order chi connectivity index (χ0) is 12.9. The van der Waals surface area contributed by atoms with Gasteiger partial charge in [0, 0.05) is 16.3 Å². The largest absolute Gasteiger partial charge is 0.390 e. The summed E-state index contributed by atoms with van der Waals surface area (Å²) in [4.78, 5) is 5.53. The Morgan fingerprint density at radius 3 is 2.61 bits per heavy atom. The minimum absolute atomic E-state index is 0.616. The Balaban J connectivity index is 2.34. The molecule has 0 unspecified atom stereocenters. The summed E-state index contributed by atoms with van der Waals surface area (Å²) in [6, 6.07) is 4.05. The van der Waals surface area contributed by atoms with E-state index in [1.54, 1.807) is 11.3 Å². The van der Waals surface area contributed by atoms with Crippen molar-refractivity contribution < 1.29 is 0 Å². The van der Waals surface area contributed by atoms with E-state index in [-0.39, 0.29) is 0 Å². The van der Waals surface area contributed by atoms with Crippen molar-refractivity contribution in [2.75, 3.05) is 5.73 Å². The van der Waals surface area contributed by atoms with Crippen LogP contribution >= 0.6 is 11.3 Å². The maximum absolute atomic E-state index is 6.02. The molecule has 0 aliphatic heterocycles. The molecule has 2 N–H and O–H groups in total. The maximum atomic E-state index is 6.02. The Morgan fingerprint density at radius 1 is 1.17 bits per heavy atom. The maximum Gasteiger partial charge on any atom is 0.255 e. The van der Waals surface area contributed by atoms with Gasteiger partial charge < -0.3 is 5.73 Å². The molecule has 6 heteroatoms. The number of anilines is 1. The number of nitrogen functional groups attached to an aromatic ring is 1. The fourth-order valence-electron chi connectivity index (χ4n) is 2.11. The first-order valence-corrected chi connectivity index (χ1v) is 6.43. The number of nitrogens with zero attached hydrogens (tertiary/aromatic N) is 4. The fraction of sp³-hybridized carbons (Fsp3) is 0.250. The van der Waals surface area contributed by atoms with Crippen LogP contribution in [0.2, 0.25) is 0 Å². The first kappa shape index (κ1) is 11.2. The number of hydrogen-bond acceptors (Lipinski definition) is 5. The average molecular weight is 259 g/mol. The Labute approximate surface area is 108 Å². The van der Waals surface area contributed by atoms with Gasteiger partial charge in [-0.25, -0.2) is 4.98 Å². The van der Waals surface area contributed by atoms with Crippen LogP contribution < -0.4 is 5.73 Å². The molecule has 0 saturated heterocycles. The molecule has 0 aliphatic carbocycles. The SMILES string of the molecule is Cc1cc(C)n2c(-c3cc(C)sc3N)nnc2n1. The third-order valence-electron chi connectivity index (χ3n) is 2.82. The second kappa shape index (κ2) is 3.78. The molecule has 3 aromatic heterocycles. The fourth-order valence-corrected chi connectivity index (χ4v) is 2.90. The number of hydrogen-bond donors (Lipinski definition) is 1. The second-order valence-corrected chi connectivity index (χ2v) is 5.62. The van der Waals surface area contributed by atoms with Gasteiger partial charge in [0.2, 0.25) is 0 Å². The molecule has 0 spiro atoms. The molecule has 3 aromatic rings. The van der Waals surface area contributed by atoms with Crippen LogP contribution in [0, 0.1) is 20.8 Å². The van der Waals surface area contributed by atoms with Gasteiger partial charge in [0.05, 0.1) is 10.6 Å². The summed E-state index contributed by atoms with van der Waals surface area (Å²) in [7, 11) is 0. The van der Waals surface area contributed by atoms with Crippen molar-refractivity contribution >= 4 is 22.1 Å². The molecule has 0 aromatic carbocycles. The monoisotopic (exact) mass is 259 g/mol. The van der Waals surface area contributed by atoms with E-state index >= 15 is 0 Å².